The van der Waals surface area contributed by atoms with E-state index in [2.05, 4.69) is 0 Å². The molecule has 0 aromatic heterocycles. The van der Waals surface area contributed by atoms with E-state index in [0.717, 1.165) is 24.3 Å². The highest BCUT2D eigenvalue weighted by Gasteiger charge is 2.36. The van der Waals surface area contributed by atoms with Gasteiger partial charge in [-0.3, -0.25) is 0 Å². The molecule has 5 nitrogen and oxygen atoms in total. The van der Waals surface area contributed by atoms with E-state index >= 15 is 0 Å². The van der Waals surface area contributed by atoms with Crippen molar-refractivity contribution in [3.8, 4) is 6.07 Å². The molecule has 1 atom stereocenters. The Balaban J connectivity index is 2.43. The van der Waals surface area contributed by atoms with Crippen molar-refractivity contribution in [2.45, 2.75) is 18.1 Å². The third kappa shape index (κ3) is 3.47. The maximum absolute atomic E-state index is 13.5. The molecule has 0 saturated carbocycles. The van der Waals surface area contributed by atoms with Crippen molar-refractivity contribution in [2.24, 2.45) is 0 Å². The number of carboxylic acid groups (broad SMARTS) is 1. The summed E-state index contributed by atoms with van der Waals surface area (Å²) in [7, 11) is 0. The Morgan fingerprint density at radius 3 is 2.64 bits per heavy atom. The lowest BCUT2D eigenvalue weighted by atomic mass is 9.78. The highest BCUT2D eigenvalue weighted by atomic mass is 19.2. The molecule has 0 spiro atoms. The number of hydrogen-bond donors (Lipinski definition) is 1. The summed E-state index contributed by atoms with van der Waals surface area (Å²) in [6.07, 6.45) is 1.18. The largest absolute Gasteiger partial charge is 0.478 e. The maximum Gasteiger partial charge on any atom is 0.328 e. The zero-order valence-electron chi connectivity index (χ0n) is 11.5. The first-order chi connectivity index (χ1) is 10.5. The number of halogens is 2. The zero-order valence-corrected chi connectivity index (χ0v) is 11.5. The molecule has 1 aromatic carbocycles. The number of nitrogens with zero attached hydrogens (tertiary/aromatic N) is 1. The molecule has 0 bridgehead atoms. The van der Waals surface area contributed by atoms with Crippen LogP contribution >= 0.6 is 0 Å². The number of ether oxygens (including phenoxy) is 2. The fourth-order valence-corrected chi connectivity index (χ4v) is 2.20. The van der Waals surface area contributed by atoms with Crippen LogP contribution in [0.2, 0.25) is 0 Å². The number of carboxylic acids is 1. The Hall–Kier alpha value is -2.30. The van der Waals surface area contributed by atoms with Gasteiger partial charge >= 0.3 is 5.97 Å². The van der Waals surface area contributed by atoms with Crippen LogP contribution in [0.15, 0.2) is 30.4 Å². The minimum atomic E-state index is -1.50. The van der Waals surface area contributed by atoms with Crippen LogP contribution in [0.3, 0.4) is 0 Å². The number of benzene rings is 1. The summed E-state index contributed by atoms with van der Waals surface area (Å²) in [6, 6.07) is 4.97. The molecule has 7 heteroatoms. The van der Waals surface area contributed by atoms with Gasteiger partial charge in [0.1, 0.15) is 5.41 Å². The van der Waals surface area contributed by atoms with Crippen molar-refractivity contribution in [3.63, 3.8) is 0 Å². The minimum absolute atomic E-state index is 0.0294. The normalized spacial score (nSPS) is 18.2. The fourth-order valence-electron chi connectivity index (χ4n) is 2.20. The molecule has 1 heterocycles. The molecule has 116 valence electrons. The average molecular weight is 309 g/mol. The molecule has 1 aliphatic heterocycles. The standard InChI is InChI=1S/C15H13F2NO4/c16-11-2-1-10(7-12(11)17)15(9-18,4-3-13(19)20)8-14-21-5-6-22-14/h1-4,7,14H,5-6,8H2,(H,19,20)/b4-3+. The predicted octanol–water partition coefficient (Wildman–Crippen LogP) is 2.13. The Labute approximate surface area is 125 Å². The maximum atomic E-state index is 13.5. The van der Waals surface area contributed by atoms with Crippen LogP contribution < -0.4 is 0 Å². The van der Waals surface area contributed by atoms with E-state index in [9.17, 15) is 18.8 Å². The third-order valence-corrected chi connectivity index (χ3v) is 3.32. The number of nitriles is 1. The Morgan fingerprint density at radius 2 is 2.09 bits per heavy atom. The molecule has 1 aromatic rings. The fraction of sp³-hybridized carbons (Fsp3) is 0.333. The second-order valence-electron chi connectivity index (χ2n) is 4.76. The van der Waals surface area contributed by atoms with Gasteiger partial charge in [0.25, 0.3) is 0 Å². The molecular formula is C15H13F2NO4. The van der Waals surface area contributed by atoms with Crippen molar-refractivity contribution < 1.29 is 28.2 Å². The van der Waals surface area contributed by atoms with E-state index in [1.807, 2.05) is 6.07 Å². The van der Waals surface area contributed by atoms with Gasteiger partial charge in [0.2, 0.25) is 0 Å². The molecule has 1 aliphatic rings. The van der Waals surface area contributed by atoms with Crippen molar-refractivity contribution in [1.29, 1.82) is 5.26 Å². The molecular weight excluding hydrogens is 296 g/mol. The first-order valence-corrected chi connectivity index (χ1v) is 6.49. The molecule has 0 aliphatic carbocycles. The van der Waals surface area contributed by atoms with Crippen molar-refractivity contribution in [2.75, 3.05) is 13.2 Å². The van der Waals surface area contributed by atoms with E-state index in [1.54, 1.807) is 0 Å². The van der Waals surface area contributed by atoms with Gasteiger partial charge in [-0.1, -0.05) is 12.1 Å². The van der Waals surface area contributed by atoms with Gasteiger partial charge in [-0.25, -0.2) is 13.6 Å². The number of aliphatic carboxylic acids is 1. The van der Waals surface area contributed by atoms with Crippen LogP contribution in [0.5, 0.6) is 0 Å². The van der Waals surface area contributed by atoms with E-state index in [-0.39, 0.29) is 12.0 Å². The van der Waals surface area contributed by atoms with Gasteiger partial charge in [0.15, 0.2) is 17.9 Å². The number of carbonyl (C=O) groups is 1. The van der Waals surface area contributed by atoms with E-state index in [0.29, 0.717) is 13.2 Å². The Bertz CT molecular complexity index is 635. The summed E-state index contributed by atoms with van der Waals surface area (Å²) in [5.74, 6) is -3.42. The topological polar surface area (TPSA) is 79.6 Å². The lowest BCUT2D eigenvalue weighted by Crippen LogP contribution is -2.29. The molecule has 2 rings (SSSR count). The third-order valence-electron chi connectivity index (χ3n) is 3.32. The van der Waals surface area contributed by atoms with Crippen LogP contribution in [0, 0.1) is 23.0 Å². The summed E-state index contributed by atoms with van der Waals surface area (Å²) in [6.45, 7) is 0.708. The number of hydrogen-bond acceptors (Lipinski definition) is 4. The molecule has 1 saturated heterocycles. The predicted molar refractivity (Wildman–Crippen MR) is 70.7 cm³/mol. The van der Waals surface area contributed by atoms with E-state index in [1.165, 1.54) is 6.07 Å². The van der Waals surface area contributed by atoms with Gasteiger partial charge in [0.05, 0.1) is 19.3 Å². The molecule has 0 radical (unpaired) electrons. The van der Waals surface area contributed by atoms with E-state index < -0.39 is 29.3 Å². The van der Waals surface area contributed by atoms with Crippen LogP contribution in [-0.4, -0.2) is 30.6 Å². The summed E-state index contributed by atoms with van der Waals surface area (Å²) < 4.78 is 37.1. The van der Waals surface area contributed by atoms with Gasteiger partial charge in [-0.2, -0.15) is 5.26 Å². The second-order valence-corrected chi connectivity index (χ2v) is 4.76. The van der Waals surface area contributed by atoms with Gasteiger partial charge in [-0.15, -0.1) is 0 Å². The monoisotopic (exact) mass is 309 g/mol. The van der Waals surface area contributed by atoms with Gasteiger partial charge < -0.3 is 14.6 Å². The molecule has 22 heavy (non-hydrogen) atoms. The summed E-state index contributed by atoms with van der Waals surface area (Å²) in [5.41, 5.74) is -1.37. The number of rotatable bonds is 5. The smallest absolute Gasteiger partial charge is 0.328 e. The van der Waals surface area contributed by atoms with Crippen LogP contribution in [0.4, 0.5) is 8.78 Å². The first kappa shape index (κ1) is 16.1. The van der Waals surface area contributed by atoms with Crippen LogP contribution in [0.1, 0.15) is 12.0 Å². The molecule has 1 unspecified atom stereocenters. The minimum Gasteiger partial charge on any atom is -0.478 e. The van der Waals surface area contributed by atoms with Crippen molar-refractivity contribution in [3.05, 3.63) is 47.5 Å². The van der Waals surface area contributed by atoms with Crippen molar-refractivity contribution in [1.82, 2.24) is 0 Å². The molecule has 1 N–H and O–H groups in total. The SMILES string of the molecule is N#CC(/C=C/C(=O)O)(CC1OCCO1)c1ccc(F)c(F)c1. The van der Waals surface area contributed by atoms with E-state index in [4.69, 9.17) is 14.6 Å². The van der Waals surface area contributed by atoms with Gasteiger partial charge in [0, 0.05) is 12.5 Å². The van der Waals surface area contributed by atoms with Crippen LogP contribution in [0.25, 0.3) is 0 Å². The quantitative estimate of drug-likeness (QED) is 0.843. The summed E-state index contributed by atoms with van der Waals surface area (Å²) in [4.78, 5) is 10.8. The van der Waals surface area contributed by atoms with Crippen molar-refractivity contribution >= 4 is 5.97 Å². The zero-order chi connectivity index (χ0) is 16.2. The van der Waals surface area contributed by atoms with Gasteiger partial charge in [-0.05, 0) is 17.7 Å². The number of allylic oxidation sites excluding steroid dienone is 1. The van der Waals surface area contributed by atoms with Crippen LogP contribution in [-0.2, 0) is 19.7 Å². The highest BCUT2D eigenvalue weighted by Crippen LogP contribution is 2.33. The lowest BCUT2D eigenvalue weighted by Gasteiger charge is -2.26. The Kier molecular flexibility index (Phi) is 4.85. The second kappa shape index (κ2) is 6.64. The lowest BCUT2D eigenvalue weighted by molar-refractivity contribution is -0.131. The first-order valence-electron chi connectivity index (χ1n) is 6.49. The molecule has 0 amide bonds. The molecule has 1 fully saturated rings. The summed E-state index contributed by atoms with van der Waals surface area (Å²) in [5, 5.41) is 18.3. The summed E-state index contributed by atoms with van der Waals surface area (Å²) >= 11 is 0. The highest BCUT2D eigenvalue weighted by molar-refractivity contribution is 5.80. The Morgan fingerprint density at radius 1 is 1.41 bits per heavy atom. The average Bonchev–Trinajstić information content (AvgIpc) is 2.99.